The summed E-state index contributed by atoms with van der Waals surface area (Å²) >= 11 is 0. The Balaban J connectivity index is 1.82. The molecule has 5 heteroatoms. The molecular weight excluding hydrogens is 302 g/mol. The van der Waals surface area contributed by atoms with Gasteiger partial charge in [0.1, 0.15) is 17.0 Å². The van der Waals surface area contributed by atoms with Gasteiger partial charge in [-0.25, -0.2) is 0 Å². The molecule has 1 unspecified atom stereocenters. The van der Waals surface area contributed by atoms with Crippen LogP contribution in [0.25, 0.3) is 11.3 Å². The first-order valence-electron chi connectivity index (χ1n) is 8.74. The molecule has 1 aromatic heterocycles. The van der Waals surface area contributed by atoms with Gasteiger partial charge >= 0.3 is 0 Å². The molecule has 1 atom stereocenters. The van der Waals surface area contributed by atoms with E-state index in [1.807, 2.05) is 55.1 Å². The summed E-state index contributed by atoms with van der Waals surface area (Å²) in [7, 11) is 0. The van der Waals surface area contributed by atoms with Crippen molar-refractivity contribution in [2.75, 3.05) is 19.6 Å². The predicted octanol–water partition coefficient (Wildman–Crippen LogP) is 2.87. The van der Waals surface area contributed by atoms with E-state index in [2.05, 4.69) is 10.5 Å². The van der Waals surface area contributed by atoms with Crippen molar-refractivity contribution in [2.45, 2.75) is 38.6 Å². The van der Waals surface area contributed by atoms with Crippen LogP contribution in [0.5, 0.6) is 0 Å². The second-order valence-corrected chi connectivity index (χ2v) is 6.31. The van der Waals surface area contributed by atoms with Crippen LogP contribution in [0.2, 0.25) is 0 Å². The maximum Gasteiger partial charge on any atom is 0.243 e. The van der Waals surface area contributed by atoms with Crippen LogP contribution in [0.15, 0.2) is 40.9 Å². The molecule has 1 aliphatic heterocycles. The number of hydrogen-bond acceptors (Lipinski definition) is 4. The SMILES string of the molecule is CCN(CC)C(=O)C1(Cc2cc(-c3ccccc3)no2)CCCN1. The quantitative estimate of drug-likeness (QED) is 0.886. The van der Waals surface area contributed by atoms with E-state index in [9.17, 15) is 4.79 Å². The zero-order valence-corrected chi connectivity index (χ0v) is 14.4. The monoisotopic (exact) mass is 327 g/mol. The fraction of sp³-hybridized carbons (Fsp3) is 0.474. The normalized spacial score (nSPS) is 20.2. The maximum atomic E-state index is 13.0. The fourth-order valence-electron chi connectivity index (χ4n) is 3.47. The van der Waals surface area contributed by atoms with Crippen molar-refractivity contribution in [1.82, 2.24) is 15.4 Å². The topological polar surface area (TPSA) is 58.4 Å². The minimum Gasteiger partial charge on any atom is -0.361 e. The average molecular weight is 327 g/mol. The summed E-state index contributed by atoms with van der Waals surface area (Å²) < 4.78 is 5.54. The van der Waals surface area contributed by atoms with Crippen molar-refractivity contribution in [3.63, 3.8) is 0 Å². The first kappa shape index (κ1) is 16.7. The summed E-state index contributed by atoms with van der Waals surface area (Å²) in [6, 6.07) is 11.9. The Hall–Kier alpha value is -2.14. The van der Waals surface area contributed by atoms with Crippen molar-refractivity contribution in [3.05, 3.63) is 42.2 Å². The molecule has 128 valence electrons. The van der Waals surface area contributed by atoms with E-state index >= 15 is 0 Å². The van der Waals surface area contributed by atoms with Crippen molar-refractivity contribution in [2.24, 2.45) is 0 Å². The lowest BCUT2D eigenvalue weighted by Crippen LogP contribution is -2.56. The summed E-state index contributed by atoms with van der Waals surface area (Å²) in [4.78, 5) is 14.9. The van der Waals surface area contributed by atoms with Gasteiger partial charge in [-0.3, -0.25) is 4.79 Å². The Kier molecular flexibility index (Phi) is 5.00. The highest BCUT2D eigenvalue weighted by Gasteiger charge is 2.43. The van der Waals surface area contributed by atoms with Gasteiger partial charge < -0.3 is 14.7 Å². The van der Waals surface area contributed by atoms with Gasteiger partial charge in [-0.05, 0) is 33.2 Å². The van der Waals surface area contributed by atoms with Gasteiger partial charge in [0.25, 0.3) is 0 Å². The van der Waals surface area contributed by atoms with E-state index in [1.54, 1.807) is 0 Å². The Morgan fingerprint density at radius 2 is 2.04 bits per heavy atom. The second-order valence-electron chi connectivity index (χ2n) is 6.31. The van der Waals surface area contributed by atoms with Crippen LogP contribution < -0.4 is 5.32 Å². The van der Waals surface area contributed by atoms with Crippen LogP contribution in [-0.4, -0.2) is 41.1 Å². The van der Waals surface area contributed by atoms with Crippen LogP contribution in [0, 0.1) is 0 Å². The third-order valence-electron chi connectivity index (χ3n) is 4.81. The number of hydrogen-bond donors (Lipinski definition) is 1. The lowest BCUT2D eigenvalue weighted by molar-refractivity contribution is -0.137. The number of carbonyl (C=O) groups is 1. The Labute approximate surface area is 143 Å². The first-order valence-corrected chi connectivity index (χ1v) is 8.74. The zero-order chi connectivity index (χ0) is 17.0. The molecule has 5 nitrogen and oxygen atoms in total. The molecule has 2 heterocycles. The highest BCUT2D eigenvalue weighted by molar-refractivity contribution is 5.87. The van der Waals surface area contributed by atoms with E-state index in [-0.39, 0.29) is 5.91 Å². The van der Waals surface area contributed by atoms with Gasteiger partial charge in [0, 0.05) is 31.1 Å². The second kappa shape index (κ2) is 7.18. The summed E-state index contributed by atoms with van der Waals surface area (Å²) in [5, 5.41) is 7.61. The van der Waals surface area contributed by atoms with Crippen LogP contribution in [-0.2, 0) is 11.2 Å². The molecule has 1 saturated heterocycles. The molecule has 3 rings (SSSR count). The van der Waals surface area contributed by atoms with Crippen molar-refractivity contribution in [3.8, 4) is 11.3 Å². The number of rotatable bonds is 6. The van der Waals surface area contributed by atoms with Gasteiger partial charge in [0.05, 0.1) is 0 Å². The van der Waals surface area contributed by atoms with Gasteiger partial charge in [-0.2, -0.15) is 0 Å². The van der Waals surface area contributed by atoms with Crippen LogP contribution in [0.3, 0.4) is 0 Å². The zero-order valence-electron chi connectivity index (χ0n) is 14.4. The molecule has 1 aliphatic rings. The van der Waals surface area contributed by atoms with Crippen LogP contribution in [0.4, 0.5) is 0 Å². The van der Waals surface area contributed by atoms with Gasteiger partial charge in [0.2, 0.25) is 5.91 Å². The number of nitrogens with one attached hydrogen (secondary N) is 1. The maximum absolute atomic E-state index is 13.0. The lowest BCUT2D eigenvalue weighted by atomic mass is 9.90. The Bertz CT molecular complexity index is 671. The van der Waals surface area contributed by atoms with E-state index in [0.29, 0.717) is 6.42 Å². The number of benzene rings is 1. The Morgan fingerprint density at radius 1 is 1.29 bits per heavy atom. The smallest absolute Gasteiger partial charge is 0.243 e. The molecule has 24 heavy (non-hydrogen) atoms. The van der Waals surface area contributed by atoms with E-state index in [1.165, 1.54) is 0 Å². The largest absolute Gasteiger partial charge is 0.361 e. The van der Waals surface area contributed by atoms with E-state index in [0.717, 1.165) is 49.5 Å². The van der Waals surface area contributed by atoms with Crippen molar-refractivity contribution < 1.29 is 9.32 Å². The van der Waals surface area contributed by atoms with Gasteiger partial charge in [-0.1, -0.05) is 35.5 Å². The molecule has 0 spiro atoms. The molecule has 1 aromatic carbocycles. The third kappa shape index (κ3) is 3.22. The molecule has 0 bridgehead atoms. The minimum atomic E-state index is -0.556. The summed E-state index contributed by atoms with van der Waals surface area (Å²) in [5.41, 5.74) is 1.28. The standard InChI is InChI=1S/C19H25N3O2/c1-3-22(4-2)18(23)19(11-8-12-20-19)14-16-13-17(21-24-16)15-9-6-5-7-10-15/h5-7,9-10,13,20H,3-4,8,11-12,14H2,1-2H3. The summed E-state index contributed by atoms with van der Waals surface area (Å²) in [6.45, 7) is 6.36. The summed E-state index contributed by atoms with van der Waals surface area (Å²) in [6.07, 6.45) is 2.39. The average Bonchev–Trinajstić information content (AvgIpc) is 3.27. The third-order valence-corrected chi connectivity index (χ3v) is 4.81. The van der Waals surface area contributed by atoms with Gasteiger partial charge in [0.15, 0.2) is 0 Å². The number of aromatic nitrogens is 1. The van der Waals surface area contributed by atoms with Crippen LogP contribution in [0.1, 0.15) is 32.4 Å². The van der Waals surface area contributed by atoms with E-state index < -0.39 is 5.54 Å². The molecule has 1 fully saturated rings. The van der Waals surface area contributed by atoms with Crippen LogP contribution >= 0.6 is 0 Å². The van der Waals surface area contributed by atoms with Crippen molar-refractivity contribution >= 4 is 5.91 Å². The molecule has 1 amide bonds. The highest BCUT2D eigenvalue weighted by atomic mass is 16.5. The number of amides is 1. The molecule has 0 saturated carbocycles. The fourth-order valence-corrected chi connectivity index (χ4v) is 3.47. The van der Waals surface area contributed by atoms with Crippen molar-refractivity contribution in [1.29, 1.82) is 0 Å². The molecule has 1 N–H and O–H groups in total. The first-order chi connectivity index (χ1) is 11.7. The number of carbonyl (C=O) groups excluding carboxylic acids is 1. The Morgan fingerprint density at radius 3 is 2.67 bits per heavy atom. The molecule has 0 aliphatic carbocycles. The number of likely N-dealkylation sites (N-methyl/N-ethyl adjacent to an activating group) is 1. The molecule has 2 aromatic rings. The minimum absolute atomic E-state index is 0.169. The predicted molar refractivity (Wildman–Crippen MR) is 93.5 cm³/mol. The van der Waals surface area contributed by atoms with E-state index in [4.69, 9.17) is 4.52 Å². The molecular formula is C19H25N3O2. The van der Waals surface area contributed by atoms with Gasteiger partial charge in [-0.15, -0.1) is 0 Å². The molecule has 0 radical (unpaired) electrons. The summed E-state index contributed by atoms with van der Waals surface area (Å²) in [5.74, 6) is 0.923. The lowest BCUT2D eigenvalue weighted by Gasteiger charge is -2.33. The highest BCUT2D eigenvalue weighted by Crippen LogP contribution is 2.28. The number of nitrogens with zero attached hydrogens (tertiary/aromatic N) is 2.